The average Bonchev–Trinajstić information content (AvgIpc) is 3.63. The van der Waals surface area contributed by atoms with Crippen molar-refractivity contribution < 1.29 is 26.4 Å². The Balaban J connectivity index is 1.54. The third-order valence-corrected chi connectivity index (χ3v) is 9.38. The minimum atomic E-state index is -3.77. The van der Waals surface area contributed by atoms with Crippen LogP contribution in [0.2, 0.25) is 0 Å². The van der Waals surface area contributed by atoms with Crippen molar-refractivity contribution in [2.75, 3.05) is 17.5 Å². The van der Waals surface area contributed by atoms with Gasteiger partial charge in [-0.1, -0.05) is 6.07 Å². The number of carbonyl (C=O) groups excluding carboxylic acids is 1. The second-order valence-corrected chi connectivity index (χ2v) is 12.8. The fourth-order valence-electron chi connectivity index (χ4n) is 5.64. The smallest absolute Gasteiger partial charge is 0.255 e. The number of halogens is 3. The molecule has 232 valence electrons. The van der Waals surface area contributed by atoms with Gasteiger partial charge in [-0.25, -0.2) is 27.2 Å². The Morgan fingerprint density at radius 2 is 1.76 bits per heavy atom. The van der Waals surface area contributed by atoms with Crippen molar-refractivity contribution in [3.63, 3.8) is 0 Å². The van der Waals surface area contributed by atoms with Crippen LogP contribution in [0.3, 0.4) is 0 Å². The van der Waals surface area contributed by atoms with Gasteiger partial charge in [0.25, 0.3) is 5.91 Å². The third-order valence-electron chi connectivity index (χ3n) is 7.85. The molecule has 7 rings (SSSR count). The van der Waals surface area contributed by atoms with Crippen molar-refractivity contribution in [2.45, 2.75) is 12.8 Å². The molecule has 1 amide bonds. The van der Waals surface area contributed by atoms with E-state index in [0.717, 1.165) is 0 Å². The van der Waals surface area contributed by atoms with E-state index in [-0.39, 0.29) is 34.2 Å². The molecule has 2 N–H and O–H groups in total. The van der Waals surface area contributed by atoms with E-state index in [1.807, 2.05) is 0 Å². The summed E-state index contributed by atoms with van der Waals surface area (Å²) in [6.07, 6.45) is 0. The highest BCUT2D eigenvalue weighted by molar-refractivity contribution is 7.92. The molecule has 7 aromatic rings. The number of sulfonamides is 1. The summed E-state index contributed by atoms with van der Waals surface area (Å²) >= 11 is 6.27. The summed E-state index contributed by atoms with van der Waals surface area (Å²) in [5.74, 6) is -0.782. The highest BCUT2D eigenvalue weighted by atomic mass is 35.5. The van der Waals surface area contributed by atoms with E-state index in [1.54, 1.807) is 40.8 Å². The summed E-state index contributed by atoms with van der Waals surface area (Å²) in [7, 11) is -2.30. The zero-order valence-corrected chi connectivity index (χ0v) is 25.9. The maximum absolute atomic E-state index is 14.9. The lowest BCUT2D eigenvalue weighted by molar-refractivity contribution is 0.0964. The van der Waals surface area contributed by atoms with Gasteiger partial charge in [-0.05, 0) is 67.6 Å². The van der Waals surface area contributed by atoms with Crippen molar-refractivity contribution in [1.29, 1.82) is 0 Å². The van der Waals surface area contributed by atoms with E-state index in [0.29, 0.717) is 55.5 Å². The van der Waals surface area contributed by atoms with Crippen LogP contribution in [0.15, 0.2) is 77.2 Å². The number of hydrogen-bond donors (Lipinski definition) is 2. The standard InChI is InChI=1S/C33H24ClF2N5O4S/c1-3-46(43,44)40-25-15-28-21(30(33(42)37-2)32(45-28)17-7-9-18(35)10-8-17)13-20(25)23-11-12-24-31(39-23)27-14-19-22(36)5-4-6-26(19)41(27)29(16-34)38-24/h4-15,40H,3,16H2,1-2H3,(H,37,42). The highest BCUT2D eigenvalue weighted by Gasteiger charge is 2.25. The molecule has 0 unspecified atom stereocenters. The molecule has 9 nitrogen and oxygen atoms in total. The van der Waals surface area contributed by atoms with E-state index in [1.165, 1.54) is 50.4 Å². The lowest BCUT2D eigenvalue weighted by atomic mass is 10.0. The molecule has 0 radical (unpaired) electrons. The summed E-state index contributed by atoms with van der Waals surface area (Å²) in [6, 6.07) is 18.4. The van der Waals surface area contributed by atoms with Gasteiger partial charge >= 0.3 is 0 Å². The van der Waals surface area contributed by atoms with Gasteiger partial charge in [0, 0.05) is 35.0 Å². The number of amides is 1. The lowest BCUT2D eigenvalue weighted by Crippen LogP contribution is -2.18. The van der Waals surface area contributed by atoms with Gasteiger partial charge in [-0.15, -0.1) is 11.6 Å². The van der Waals surface area contributed by atoms with Crippen molar-refractivity contribution in [3.8, 4) is 22.6 Å². The van der Waals surface area contributed by atoms with Gasteiger partial charge in [-0.2, -0.15) is 0 Å². The predicted molar refractivity (Wildman–Crippen MR) is 175 cm³/mol. The number of fused-ring (bicyclic) bond motifs is 6. The van der Waals surface area contributed by atoms with E-state index in [4.69, 9.17) is 21.0 Å². The monoisotopic (exact) mass is 659 g/mol. The number of carbonyl (C=O) groups is 1. The molecule has 46 heavy (non-hydrogen) atoms. The summed E-state index contributed by atoms with van der Waals surface area (Å²) in [5, 5.41) is 3.37. The molecule has 3 aromatic carbocycles. The SMILES string of the molecule is CCS(=O)(=O)Nc1cc2oc(-c3ccc(F)cc3)c(C(=O)NC)c2cc1-c1ccc2nc(CCl)n3c4cccc(F)c4cc3c2n1. The molecule has 0 spiro atoms. The topological polar surface area (TPSA) is 119 Å². The van der Waals surface area contributed by atoms with Crippen molar-refractivity contribution in [3.05, 3.63) is 95.8 Å². The van der Waals surface area contributed by atoms with Crippen LogP contribution >= 0.6 is 11.6 Å². The minimum absolute atomic E-state index is 0.0627. The van der Waals surface area contributed by atoms with Crippen molar-refractivity contribution >= 4 is 71.6 Å². The Morgan fingerprint density at radius 1 is 0.978 bits per heavy atom. The fraction of sp³-hybridized carbons (Fsp3) is 0.121. The van der Waals surface area contributed by atoms with Crippen molar-refractivity contribution in [1.82, 2.24) is 19.7 Å². The largest absolute Gasteiger partial charge is 0.455 e. The molecule has 4 heterocycles. The van der Waals surface area contributed by atoms with Crippen LogP contribution in [0.5, 0.6) is 0 Å². The van der Waals surface area contributed by atoms with Crippen LogP contribution in [0.25, 0.3) is 61.0 Å². The van der Waals surface area contributed by atoms with Gasteiger partial charge in [0.15, 0.2) is 0 Å². The molecule has 0 fully saturated rings. The summed E-state index contributed by atoms with van der Waals surface area (Å²) in [5.41, 5.74) is 3.79. The van der Waals surface area contributed by atoms with Crippen LogP contribution in [0.4, 0.5) is 14.5 Å². The van der Waals surface area contributed by atoms with Crippen LogP contribution in [-0.4, -0.2) is 41.5 Å². The first kappa shape index (κ1) is 29.6. The number of nitrogens with one attached hydrogen (secondary N) is 2. The molecule has 0 saturated carbocycles. The molecular weight excluding hydrogens is 636 g/mol. The number of aromatic nitrogens is 3. The third kappa shape index (κ3) is 4.81. The summed E-state index contributed by atoms with van der Waals surface area (Å²) in [6.45, 7) is 1.51. The number of pyridine rings is 1. The molecule has 13 heteroatoms. The maximum Gasteiger partial charge on any atom is 0.255 e. The second-order valence-electron chi connectivity index (χ2n) is 10.6. The van der Waals surface area contributed by atoms with Gasteiger partial charge in [-0.3, -0.25) is 13.9 Å². The Kier molecular flexibility index (Phi) is 7.13. The molecule has 0 aliphatic carbocycles. The Morgan fingerprint density at radius 3 is 2.48 bits per heavy atom. The molecule has 4 aromatic heterocycles. The number of benzene rings is 3. The van der Waals surface area contributed by atoms with Crippen LogP contribution < -0.4 is 10.0 Å². The average molecular weight is 660 g/mol. The predicted octanol–water partition coefficient (Wildman–Crippen LogP) is 7.25. The number of nitrogens with zero attached hydrogens (tertiary/aromatic N) is 3. The van der Waals surface area contributed by atoms with E-state index < -0.39 is 27.6 Å². The quantitative estimate of drug-likeness (QED) is 0.174. The zero-order valence-electron chi connectivity index (χ0n) is 24.4. The minimum Gasteiger partial charge on any atom is -0.455 e. The van der Waals surface area contributed by atoms with Crippen LogP contribution in [0, 0.1) is 11.6 Å². The fourth-order valence-corrected chi connectivity index (χ4v) is 6.47. The molecule has 0 saturated heterocycles. The summed E-state index contributed by atoms with van der Waals surface area (Å²) in [4.78, 5) is 22.8. The van der Waals surface area contributed by atoms with Crippen molar-refractivity contribution in [2.24, 2.45) is 0 Å². The Labute approximate surface area is 265 Å². The highest BCUT2D eigenvalue weighted by Crippen LogP contribution is 2.40. The number of alkyl halides is 1. The van der Waals surface area contributed by atoms with Gasteiger partial charge in [0.2, 0.25) is 10.0 Å². The number of rotatable bonds is 7. The first-order chi connectivity index (χ1) is 22.1. The number of anilines is 1. The molecule has 0 aliphatic heterocycles. The van der Waals surface area contributed by atoms with Gasteiger partial charge < -0.3 is 9.73 Å². The van der Waals surface area contributed by atoms with E-state index in [2.05, 4.69) is 15.0 Å². The van der Waals surface area contributed by atoms with E-state index >= 15 is 0 Å². The first-order valence-electron chi connectivity index (χ1n) is 14.2. The van der Waals surface area contributed by atoms with Gasteiger partial charge in [0.1, 0.15) is 34.3 Å². The number of hydrogen-bond acceptors (Lipinski definition) is 6. The van der Waals surface area contributed by atoms with E-state index in [9.17, 15) is 22.0 Å². The normalized spacial score (nSPS) is 12.0. The second kappa shape index (κ2) is 11.1. The Bertz CT molecular complexity index is 2480. The van der Waals surface area contributed by atoms with Gasteiger partial charge in [0.05, 0.1) is 45.1 Å². The zero-order chi connectivity index (χ0) is 32.3. The maximum atomic E-state index is 14.9. The Hall–Kier alpha value is -5.07. The molecule has 0 aliphatic rings. The first-order valence-corrected chi connectivity index (χ1v) is 16.4. The summed E-state index contributed by atoms with van der Waals surface area (Å²) < 4.78 is 64.8. The lowest BCUT2D eigenvalue weighted by Gasteiger charge is -2.13. The molecule has 0 atom stereocenters. The van der Waals surface area contributed by atoms with Crippen LogP contribution in [-0.2, 0) is 15.9 Å². The molecule has 0 bridgehead atoms. The van der Waals surface area contributed by atoms with Crippen LogP contribution in [0.1, 0.15) is 23.1 Å². The number of furan rings is 1. The molecular formula is C33H24ClF2N5O4S.